The van der Waals surface area contributed by atoms with Gasteiger partial charge < -0.3 is 28.7 Å². The lowest BCUT2D eigenvalue weighted by Gasteiger charge is -2.38. The van der Waals surface area contributed by atoms with E-state index in [1.807, 2.05) is 0 Å². The summed E-state index contributed by atoms with van der Waals surface area (Å²) in [6, 6.07) is 4.60. The lowest BCUT2D eigenvalue weighted by atomic mass is 10.0. The number of hydrogen-bond donors (Lipinski definition) is 1. The van der Waals surface area contributed by atoms with Crippen molar-refractivity contribution >= 4 is 28.8 Å². The fourth-order valence-electron chi connectivity index (χ4n) is 5.61. The summed E-state index contributed by atoms with van der Waals surface area (Å²) in [6.07, 6.45) is -1.18. The Balaban J connectivity index is 1.44. The van der Waals surface area contributed by atoms with E-state index in [-0.39, 0.29) is 47.7 Å². The Morgan fingerprint density at radius 1 is 1.24 bits per heavy atom. The zero-order chi connectivity index (χ0) is 33.5. The number of aryl methyl sites for hydroxylation is 1. The van der Waals surface area contributed by atoms with E-state index in [2.05, 4.69) is 16.9 Å². The predicted molar refractivity (Wildman–Crippen MR) is 166 cm³/mol. The van der Waals surface area contributed by atoms with E-state index in [1.54, 1.807) is 49.0 Å². The van der Waals surface area contributed by atoms with Crippen LogP contribution < -0.4 is 15.8 Å². The minimum absolute atomic E-state index is 0.00214. The predicted octanol–water partition coefficient (Wildman–Crippen LogP) is 5.38. The number of rotatable bonds is 8. The van der Waals surface area contributed by atoms with Crippen LogP contribution in [0.1, 0.15) is 27.3 Å². The van der Waals surface area contributed by atoms with Gasteiger partial charge in [0.25, 0.3) is 11.5 Å². The maximum Gasteiger partial charge on any atom is 0.411 e. The van der Waals surface area contributed by atoms with Gasteiger partial charge in [0.1, 0.15) is 23.3 Å². The zero-order valence-electron chi connectivity index (χ0n) is 25.5. The van der Waals surface area contributed by atoms with Crippen molar-refractivity contribution in [1.29, 1.82) is 0 Å². The molecule has 1 saturated heterocycles. The topological polar surface area (TPSA) is 90.1 Å². The second-order valence-electron chi connectivity index (χ2n) is 11.1. The van der Waals surface area contributed by atoms with Gasteiger partial charge in [0, 0.05) is 55.0 Å². The Labute approximate surface area is 267 Å². The first kappa shape index (κ1) is 33.0. The number of pyridine rings is 2. The second-order valence-corrected chi connectivity index (χ2v) is 11.5. The van der Waals surface area contributed by atoms with Gasteiger partial charge in [-0.05, 0) is 49.7 Å². The molecule has 1 aliphatic heterocycles. The van der Waals surface area contributed by atoms with Gasteiger partial charge in [0.15, 0.2) is 0 Å². The number of nitrogens with one attached hydrogen (secondary N) is 1. The number of imidazole rings is 1. The number of benzene rings is 1. The van der Waals surface area contributed by atoms with Crippen LogP contribution in [0, 0.1) is 19.7 Å². The Bertz CT molecular complexity index is 1860. The summed E-state index contributed by atoms with van der Waals surface area (Å²) >= 11 is 6.38. The molecule has 244 valence electrons. The van der Waals surface area contributed by atoms with Crippen LogP contribution in [-0.4, -0.2) is 65.0 Å². The average molecular weight is 662 g/mol. The Hall–Kier alpha value is -4.36. The van der Waals surface area contributed by atoms with Crippen LogP contribution in [0.2, 0.25) is 5.02 Å². The van der Waals surface area contributed by atoms with Crippen molar-refractivity contribution in [2.75, 3.05) is 31.8 Å². The Morgan fingerprint density at radius 3 is 2.65 bits per heavy atom. The van der Waals surface area contributed by atoms with Crippen LogP contribution in [0.4, 0.5) is 23.2 Å². The monoisotopic (exact) mass is 661 g/mol. The van der Waals surface area contributed by atoms with Gasteiger partial charge in [-0.15, -0.1) is 0 Å². The molecule has 0 radical (unpaired) electrons. The van der Waals surface area contributed by atoms with Crippen LogP contribution in [0.5, 0.6) is 0 Å². The summed E-state index contributed by atoms with van der Waals surface area (Å²) in [4.78, 5) is 32.0. The molecule has 14 heteroatoms. The van der Waals surface area contributed by atoms with Gasteiger partial charge in [-0.2, -0.15) is 13.2 Å². The summed E-state index contributed by atoms with van der Waals surface area (Å²) in [5, 5.41) is 3.18. The number of carbonyl (C=O) groups is 1. The molecule has 0 spiro atoms. The number of fused-ring (bicyclic) bond motifs is 1. The van der Waals surface area contributed by atoms with E-state index in [4.69, 9.17) is 21.1 Å². The number of methoxy groups -OCH3 is 1. The van der Waals surface area contributed by atoms with E-state index in [9.17, 15) is 22.8 Å². The van der Waals surface area contributed by atoms with Crippen molar-refractivity contribution in [3.05, 3.63) is 98.8 Å². The van der Waals surface area contributed by atoms with Gasteiger partial charge in [0.05, 0.1) is 42.5 Å². The van der Waals surface area contributed by atoms with Crippen LogP contribution in [0.25, 0.3) is 16.8 Å². The lowest BCUT2D eigenvalue weighted by molar-refractivity contribution is -0.167. The third kappa shape index (κ3) is 6.21. The molecule has 3 aromatic heterocycles. The summed E-state index contributed by atoms with van der Waals surface area (Å²) < 4.78 is 70.0. The van der Waals surface area contributed by atoms with Gasteiger partial charge in [0.2, 0.25) is 0 Å². The normalized spacial score (nSPS) is 16.0. The molecule has 1 aliphatic rings. The SMILES string of the molecule is C=C(OC)[C@H](Cc1ccc(-c2cc(Cl)c(C)n(C)c2=O)c2nccn12)NC(=O)c1c(C)cc(N2CCOC[C@@H]2C(F)(F)F)cc1F. The number of halogens is 5. The minimum atomic E-state index is -4.59. The summed E-state index contributed by atoms with van der Waals surface area (Å²) in [7, 11) is 3.02. The van der Waals surface area contributed by atoms with Crippen molar-refractivity contribution < 1.29 is 31.8 Å². The molecule has 0 unspecified atom stereocenters. The molecule has 0 saturated carbocycles. The maximum absolute atomic E-state index is 15.5. The van der Waals surface area contributed by atoms with Crippen molar-refractivity contribution in [2.45, 2.75) is 38.5 Å². The number of hydrogen-bond acceptors (Lipinski definition) is 6. The largest absolute Gasteiger partial charge is 0.500 e. The fraction of sp³-hybridized carbons (Fsp3) is 0.344. The molecular weight excluding hydrogens is 630 g/mol. The number of ether oxygens (including phenoxy) is 2. The first-order chi connectivity index (χ1) is 21.7. The molecule has 5 rings (SSSR count). The van der Waals surface area contributed by atoms with Gasteiger partial charge in [-0.1, -0.05) is 18.2 Å². The smallest absolute Gasteiger partial charge is 0.411 e. The molecule has 2 atom stereocenters. The number of morpholine rings is 1. The number of aromatic nitrogens is 3. The highest BCUT2D eigenvalue weighted by molar-refractivity contribution is 6.31. The number of carbonyl (C=O) groups excluding carboxylic acids is 1. The molecule has 1 amide bonds. The molecule has 4 aromatic rings. The first-order valence-electron chi connectivity index (χ1n) is 14.3. The van der Waals surface area contributed by atoms with Crippen molar-refractivity contribution in [3.63, 3.8) is 0 Å². The van der Waals surface area contributed by atoms with Gasteiger partial charge in [-0.25, -0.2) is 9.37 Å². The number of alkyl halides is 3. The molecule has 4 heterocycles. The first-order valence-corrected chi connectivity index (χ1v) is 14.7. The highest BCUT2D eigenvalue weighted by Gasteiger charge is 2.45. The third-order valence-corrected chi connectivity index (χ3v) is 8.67. The molecule has 0 aliphatic carbocycles. The van der Waals surface area contributed by atoms with E-state index in [0.29, 0.717) is 33.2 Å². The highest BCUT2D eigenvalue weighted by Crippen LogP contribution is 2.33. The maximum atomic E-state index is 15.5. The fourth-order valence-corrected chi connectivity index (χ4v) is 5.85. The van der Waals surface area contributed by atoms with Gasteiger partial charge >= 0.3 is 6.18 Å². The van der Waals surface area contributed by atoms with Crippen molar-refractivity contribution in [3.8, 4) is 11.1 Å². The molecule has 1 fully saturated rings. The van der Waals surface area contributed by atoms with E-state index in [0.717, 1.165) is 11.0 Å². The number of nitrogens with zero attached hydrogens (tertiary/aromatic N) is 4. The van der Waals surface area contributed by atoms with E-state index in [1.165, 1.54) is 24.7 Å². The molecule has 9 nitrogen and oxygen atoms in total. The second kappa shape index (κ2) is 12.8. The van der Waals surface area contributed by atoms with Crippen LogP contribution in [-0.2, 0) is 22.9 Å². The number of amides is 1. The molecule has 0 bridgehead atoms. The van der Waals surface area contributed by atoms with E-state index < -0.39 is 36.6 Å². The summed E-state index contributed by atoms with van der Waals surface area (Å²) in [5.74, 6) is -1.59. The van der Waals surface area contributed by atoms with Crippen molar-refractivity contribution in [1.82, 2.24) is 19.3 Å². The molecule has 1 N–H and O–H groups in total. The lowest BCUT2D eigenvalue weighted by Crippen LogP contribution is -2.53. The Kier molecular flexibility index (Phi) is 9.19. The molecule has 1 aromatic carbocycles. The number of anilines is 1. The standard InChI is InChI=1S/C32H32ClF4N5O4/c1-17-12-21(41-10-11-46-16-27(41)32(35,36)37)13-25(34)28(17)30(43)39-26(19(3)45-5)14-20-6-7-22(29-38-8-9-42(20)29)23-15-24(33)18(2)40(4)31(23)44/h6-9,12-13,15,26-27H,3,10-11,14,16H2,1-2,4-5H3,(H,39,43)/t26-,27+/m0/s1. The summed E-state index contributed by atoms with van der Waals surface area (Å²) in [6.45, 7) is 6.49. The van der Waals surface area contributed by atoms with Gasteiger partial charge in [-0.3, -0.25) is 9.59 Å². The van der Waals surface area contributed by atoms with Crippen LogP contribution in [0.3, 0.4) is 0 Å². The molecule has 46 heavy (non-hydrogen) atoms. The Morgan fingerprint density at radius 2 is 1.98 bits per heavy atom. The van der Waals surface area contributed by atoms with Crippen LogP contribution in [0.15, 0.2) is 59.9 Å². The summed E-state index contributed by atoms with van der Waals surface area (Å²) in [5.41, 5.74) is 2.26. The van der Waals surface area contributed by atoms with E-state index >= 15 is 4.39 Å². The minimum Gasteiger partial charge on any atom is -0.500 e. The van der Waals surface area contributed by atoms with Crippen LogP contribution >= 0.6 is 11.6 Å². The third-order valence-electron chi connectivity index (χ3n) is 8.29. The average Bonchev–Trinajstić information content (AvgIpc) is 3.51. The van der Waals surface area contributed by atoms with Crippen molar-refractivity contribution in [2.24, 2.45) is 7.05 Å². The highest BCUT2D eigenvalue weighted by atomic mass is 35.5. The quantitative estimate of drug-likeness (QED) is 0.202. The zero-order valence-corrected chi connectivity index (χ0v) is 26.3. The molecular formula is C32H32ClF4N5O4.